The van der Waals surface area contributed by atoms with E-state index in [4.69, 9.17) is 18.6 Å². The summed E-state index contributed by atoms with van der Waals surface area (Å²) in [5, 5.41) is 0.945. The van der Waals surface area contributed by atoms with Crippen LogP contribution in [0.4, 0.5) is 0 Å². The first-order chi connectivity index (χ1) is 13.1. The summed E-state index contributed by atoms with van der Waals surface area (Å²) in [6.45, 7) is 3.87. The molecule has 0 bridgehead atoms. The van der Waals surface area contributed by atoms with E-state index >= 15 is 0 Å². The van der Waals surface area contributed by atoms with Gasteiger partial charge in [-0.2, -0.15) is 0 Å². The van der Waals surface area contributed by atoms with Gasteiger partial charge in [-0.25, -0.2) is 4.79 Å². The molecule has 3 aromatic rings. The number of hydrogen-bond donors (Lipinski definition) is 1. The standard InChI is InChI=1S/C21H21NO5/c1-13-8-20(23)27-21-16(13)6-7-18-17(21)11-22(12-26-18)10-14-4-5-15(24-2)9-19(14)25-3/h4-9H,10-12H2,1-3H3/p+1. The number of fused-ring (bicyclic) bond motifs is 3. The molecule has 0 amide bonds. The SMILES string of the molecule is COc1ccc(C[NH+]2COc3ccc4c(C)cc(=O)oc4c3C2)c(OC)c1. The van der Waals surface area contributed by atoms with Crippen LogP contribution >= 0.6 is 0 Å². The predicted octanol–water partition coefficient (Wildman–Crippen LogP) is 2.05. The summed E-state index contributed by atoms with van der Waals surface area (Å²) in [6.07, 6.45) is 0. The van der Waals surface area contributed by atoms with E-state index in [0.717, 1.165) is 45.9 Å². The fourth-order valence-corrected chi connectivity index (χ4v) is 3.59. The van der Waals surface area contributed by atoms with Crippen LogP contribution in [0.15, 0.2) is 45.6 Å². The second-order valence-electron chi connectivity index (χ2n) is 6.74. The van der Waals surface area contributed by atoms with E-state index in [1.807, 2.05) is 37.3 Å². The Morgan fingerprint density at radius 2 is 1.96 bits per heavy atom. The number of nitrogens with one attached hydrogen (secondary N) is 1. The third-order valence-corrected chi connectivity index (χ3v) is 4.97. The van der Waals surface area contributed by atoms with Crippen molar-refractivity contribution in [3.63, 3.8) is 0 Å². The second kappa shape index (κ2) is 6.96. The molecule has 0 saturated carbocycles. The minimum absolute atomic E-state index is 0.336. The van der Waals surface area contributed by atoms with Gasteiger partial charge in [-0.3, -0.25) is 4.90 Å². The Kier molecular flexibility index (Phi) is 4.49. The van der Waals surface area contributed by atoms with Gasteiger partial charge in [-0.15, -0.1) is 0 Å². The largest absolute Gasteiger partial charge is 0.497 e. The van der Waals surface area contributed by atoms with Crippen LogP contribution in [0.2, 0.25) is 0 Å². The molecule has 2 heterocycles. The third-order valence-electron chi connectivity index (χ3n) is 4.97. The Bertz CT molecular complexity index is 1060. The second-order valence-corrected chi connectivity index (χ2v) is 6.74. The highest BCUT2D eigenvalue weighted by Crippen LogP contribution is 2.30. The zero-order valence-corrected chi connectivity index (χ0v) is 15.6. The molecular formula is C21H22NO5+. The first kappa shape index (κ1) is 17.4. The number of rotatable bonds is 4. The maximum Gasteiger partial charge on any atom is 0.336 e. The lowest BCUT2D eigenvalue weighted by Crippen LogP contribution is -3.10. The third kappa shape index (κ3) is 3.24. The summed E-state index contributed by atoms with van der Waals surface area (Å²) >= 11 is 0. The smallest absolute Gasteiger partial charge is 0.336 e. The van der Waals surface area contributed by atoms with E-state index in [1.165, 1.54) is 11.0 Å². The van der Waals surface area contributed by atoms with Crippen LogP contribution in [0.3, 0.4) is 0 Å². The van der Waals surface area contributed by atoms with E-state index in [-0.39, 0.29) is 5.63 Å². The molecule has 6 nitrogen and oxygen atoms in total. The van der Waals surface area contributed by atoms with Crippen molar-refractivity contribution in [3.8, 4) is 17.2 Å². The summed E-state index contributed by atoms with van der Waals surface area (Å²) in [5.74, 6) is 2.32. The molecule has 4 rings (SSSR count). The van der Waals surface area contributed by atoms with E-state index in [1.54, 1.807) is 14.2 Å². The van der Waals surface area contributed by atoms with E-state index in [9.17, 15) is 4.79 Å². The van der Waals surface area contributed by atoms with Crippen LogP contribution < -0.4 is 24.7 Å². The molecule has 0 saturated heterocycles. The molecule has 0 radical (unpaired) electrons. The topological polar surface area (TPSA) is 62.3 Å². The molecular weight excluding hydrogens is 346 g/mol. The molecule has 0 spiro atoms. The van der Waals surface area contributed by atoms with Gasteiger partial charge in [0, 0.05) is 23.1 Å². The van der Waals surface area contributed by atoms with E-state index < -0.39 is 0 Å². The van der Waals surface area contributed by atoms with Gasteiger partial charge in [-0.05, 0) is 36.8 Å². The van der Waals surface area contributed by atoms with Gasteiger partial charge in [0.15, 0.2) is 5.58 Å². The molecule has 6 heteroatoms. The maximum atomic E-state index is 11.9. The molecule has 1 N–H and O–H groups in total. The molecule has 2 aromatic carbocycles. The molecule has 140 valence electrons. The van der Waals surface area contributed by atoms with Crippen LogP contribution in [0.1, 0.15) is 16.7 Å². The molecule has 1 atom stereocenters. The first-order valence-electron chi connectivity index (χ1n) is 8.82. The summed E-state index contributed by atoms with van der Waals surface area (Å²) < 4.78 is 22.2. The summed E-state index contributed by atoms with van der Waals surface area (Å²) in [7, 11) is 3.29. The van der Waals surface area contributed by atoms with Crippen LogP contribution in [-0.4, -0.2) is 21.0 Å². The predicted molar refractivity (Wildman–Crippen MR) is 101 cm³/mol. The van der Waals surface area contributed by atoms with Gasteiger partial charge < -0.3 is 18.6 Å². The zero-order valence-electron chi connectivity index (χ0n) is 15.6. The fraction of sp³-hybridized carbons (Fsp3) is 0.286. The lowest BCUT2D eigenvalue weighted by Gasteiger charge is -2.27. The number of benzene rings is 2. The summed E-state index contributed by atoms with van der Waals surface area (Å²) in [5.41, 5.74) is 3.20. The lowest BCUT2D eigenvalue weighted by molar-refractivity contribution is -0.945. The molecule has 1 aromatic heterocycles. The molecule has 0 fully saturated rings. The van der Waals surface area contributed by atoms with Crippen LogP contribution in [0.25, 0.3) is 11.0 Å². The Morgan fingerprint density at radius 3 is 2.74 bits per heavy atom. The average molecular weight is 368 g/mol. The van der Waals surface area contributed by atoms with Gasteiger partial charge in [0.05, 0.1) is 19.8 Å². The Labute approximate surface area is 156 Å². The van der Waals surface area contributed by atoms with Crippen molar-refractivity contribution in [2.75, 3.05) is 21.0 Å². The van der Waals surface area contributed by atoms with E-state index in [0.29, 0.717) is 18.9 Å². The van der Waals surface area contributed by atoms with Crippen molar-refractivity contribution < 1.29 is 23.5 Å². The highest BCUT2D eigenvalue weighted by Gasteiger charge is 2.25. The first-order valence-corrected chi connectivity index (χ1v) is 8.82. The minimum Gasteiger partial charge on any atom is -0.497 e. The highest BCUT2D eigenvalue weighted by molar-refractivity contribution is 5.84. The van der Waals surface area contributed by atoms with Gasteiger partial charge in [0.25, 0.3) is 0 Å². The quantitative estimate of drug-likeness (QED) is 0.714. The van der Waals surface area contributed by atoms with Crippen molar-refractivity contribution in [3.05, 3.63) is 63.5 Å². The average Bonchev–Trinajstić information content (AvgIpc) is 2.68. The van der Waals surface area contributed by atoms with Crippen molar-refractivity contribution in [2.45, 2.75) is 20.0 Å². The molecule has 1 unspecified atom stereocenters. The van der Waals surface area contributed by atoms with Gasteiger partial charge >= 0.3 is 5.63 Å². The van der Waals surface area contributed by atoms with Crippen LogP contribution in [0.5, 0.6) is 17.2 Å². The summed E-state index contributed by atoms with van der Waals surface area (Å²) in [6, 6.07) is 11.2. The fourth-order valence-electron chi connectivity index (χ4n) is 3.59. The maximum absolute atomic E-state index is 11.9. The molecule has 27 heavy (non-hydrogen) atoms. The molecule has 1 aliphatic rings. The zero-order chi connectivity index (χ0) is 19.0. The number of hydrogen-bond acceptors (Lipinski definition) is 5. The number of methoxy groups -OCH3 is 2. The number of ether oxygens (including phenoxy) is 3. The van der Waals surface area contributed by atoms with Crippen molar-refractivity contribution in [2.24, 2.45) is 0 Å². The van der Waals surface area contributed by atoms with Crippen molar-refractivity contribution in [1.29, 1.82) is 0 Å². The van der Waals surface area contributed by atoms with E-state index in [2.05, 4.69) is 0 Å². The Morgan fingerprint density at radius 1 is 1.11 bits per heavy atom. The van der Waals surface area contributed by atoms with Crippen LogP contribution in [0, 0.1) is 6.92 Å². The van der Waals surface area contributed by atoms with Crippen molar-refractivity contribution in [1.82, 2.24) is 0 Å². The normalized spacial score (nSPS) is 15.9. The minimum atomic E-state index is -0.336. The Balaban J connectivity index is 1.67. The van der Waals surface area contributed by atoms with Gasteiger partial charge in [-0.1, -0.05) is 0 Å². The van der Waals surface area contributed by atoms with Gasteiger partial charge in [0.1, 0.15) is 30.3 Å². The molecule has 0 aliphatic carbocycles. The molecule has 1 aliphatic heterocycles. The lowest BCUT2D eigenvalue weighted by atomic mass is 10.0. The van der Waals surface area contributed by atoms with Crippen molar-refractivity contribution >= 4 is 11.0 Å². The number of aryl methyl sites for hydroxylation is 1. The highest BCUT2D eigenvalue weighted by atomic mass is 16.5. The summed E-state index contributed by atoms with van der Waals surface area (Å²) in [4.78, 5) is 13.1. The monoisotopic (exact) mass is 368 g/mol. The van der Waals surface area contributed by atoms with Gasteiger partial charge in [0.2, 0.25) is 6.73 Å². The van der Waals surface area contributed by atoms with Crippen LogP contribution in [-0.2, 0) is 13.1 Å². The number of quaternary nitrogens is 1. The Hall–Kier alpha value is -2.99.